The van der Waals surface area contributed by atoms with Crippen LogP contribution in [0, 0.1) is 11.3 Å². The summed E-state index contributed by atoms with van der Waals surface area (Å²) < 4.78 is 0. The van der Waals surface area contributed by atoms with Crippen LogP contribution in [0.4, 0.5) is 17.3 Å². The molecule has 6 heteroatoms. The van der Waals surface area contributed by atoms with Gasteiger partial charge in [-0.15, -0.1) is 0 Å². The molecule has 0 bridgehead atoms. The summed E-state index contributed by atoms with van der Waals surface area (Å²) >= 11 is 0. The molecule has 20 heavy (non-hydrogen) atoms. The summed E-state index contributed by atoms with van der Waals surface area (Å²) in [6, 6.07) is 11.2. The predicted molar refractivity (Wildman–Crippen MR) is 78.9 cm³/mol. The van der Waals surface area contributed by atoms with Gasteiger partial charge in [-0.1, -0.05) is 6.07 Å². The first kappa shape index (κ1) is 13.8. The third-order valence-electron chi connectivity index (χ3n) is 2.61. The molecule has 2 rings (SSSR count). The Balaban J connectivity index is 2.05. The highest BCUT2D eigenvalue weighted by Gasteiger charge is 2.00. The molecule has 0 saturated carbocycles. The summed E-state index contributed by atoms with van der Waals surface area (Å²) in [5.41, 5.74) is 1.43. The lowest BCUT2D eigenvalue weighted by molar-refractivity contribution is 0.821. The molecule has 0 atom stereocenters. The molecule has 0 aliphatic heterocycles. The molecule has 3 N–H and O–H groups in total. The topological polar surface area (TPSA) is 85.7 Å². The summed E-state index contributed by atoms with van der Waals surface area (Å²) in [6.07, 6.45) is 1.50. The van der Waals surface area contributed by atoms with E-state index in [0.717, 1.165) is 24.6 Å². The molecule has 0 radical (unpaired) electrons. The molecule has 0 unspecified atom stereocenters. The van der Waals surface area contributed by atoms with E-state index in [0.29, 0.717) is 11.4 Å². The molecule has 0 spiro atoms. The number of hydrogen-bond acceptors (Lipinski definition) is 6. The predicted octanol–water partition coefficient (Wildman–Crippen LogP) is 1.72. The monoisotopic (exact) mass is 268 g/mol. The molecular weight excluding hydrogens is 252 g/mol. The highest BCUT2D eigenvalue weighted by Crippen LogP contribution is 2.17. The lowest BCUT2D eigenvalue weighted by Crippen LogP contribution is -2.18. The molecule has 0 amide bonds. The number of nitriles is 1. The normalized spacial score (nSPS) is 9.80. The molecule has 6 nitrogen and oxygen atoms in total. The van der Waals surface area contributed by atoms with Crippen LogP contribution in [-0.4, -0.2) is 30.1 Å². The highest BCUT2D eigenvalue weighted by molar-refractivity contribution is 5.60. The van der Waals surface area contributed by atoms with Gasteiger partial charge in [0.1, 0.15) is 18.0 Å². The summed E-state index contributed by atoms with van der Waals surface area (Å²) in [6.45, 7) is 1.65. The number of nitrogens with one attached hydrogen (secondary N) is 3. The number of hydrogen-bond donors (Lipinski definition) is 3. The van der Waals surface area contributed by atoms with Crippen molar-refractivity contribution in [3.63, 3.8) is 0 Å². The Morgan fingerprint density at radius 1 is 1.15 bits per heavy atom. The van der Waals surface area contributed by atoms with Crippen molar-refractivity contribution in [2.45, 2.75) is 0 Å². The van der Waals surface area contributed by atoms with E-state index in [4.69, 9.17) is 5.26 Å². The van der Waals surface area contributed by atoms with Crippen molar-refractivity contribution < 1.29 is 0 Å². The fourth-order valence-electron chi connectivity index (χ4n) is 1.65. The molecule has 102 valence electrons. The van der Waals surface area contributed by atoms with Crippen LogP contribution in [0.15, 0.2) is 36.7 Å². The molecule has 2 aromatic rings. The minimum absolute atomic E-state index is 0.608. The highest BCUT2D eigenvalue weighted by atomic mass is 15.1. The van der Waals surface area contributed by atoms with E-state index in [9.17, 15) is 0 Å². The molecule has 1 aromatic heterocycles. The van der Waals surface area contributed by atoms with Crippen molar-refractivity contribution in [3.8, 4) is 6.07 Å². The fraction of sp³-hybridized carbons (Fsp3) is 0.214. The van der Waals surface area contributed by atoms with Gasteiger partial charge in [-0.25, -0.2) is 9.97 Å². The van der Waals surface area contributed by atoms with Crippen LogP contribution in [0.1, 0.15) is 5.56 Å². The lowest BCUT2D eigenvalue weighted by Gasteiger charge is -2.08. The van der Waals surface area contributed by atoms with Crippen LogP contribution < -0.4 is 16.0 Å². The van der Waals surface area contributed by atoms with Gasteiger partial charge < -0.3 is 16.0 Å². The van der Waals surface area contributed by atoms with Gasteiger partial charge in [0, 0.05) is 24.8 Å². The maximum atomic E-state index is 8.87. The molecule has 0 fully saturated rings. The van der Waals surface area contributed by atoms with Gasteiger partial charge in [0.05, 0.1) is 11.6 Å². The second kappa shape index (κ2) is 7.07. The first-order chi connectivity index (χ1) is 9.81. The smallest absolute Gasteiger partial charge is 0.135 e. The lowest BCUT2D eigenvalue weighted by atomic mass is 10.2. The second-order valence-corrected chi connectivity index (χ2v) is 4.14. The van der Waals surface area contributed by atoms with Gasteiger partial charge in [0.15, 0.2) is 0 Å². The van der Waals surface area contributed by atoms with Crippen molar-refractivity contribution in [2.75, 3.05) is 30.8 Å². The summed E-state index contributed by atoms with van der Waals surface area (Å²) in [7, 11) is 1.90. The Morgan fingerprint density at radius 3 is 2.80 bits per heavy atom. The molecule has 1 aromatic carbocycles. The Labute approximate surface area is 117 Å². The number of rotatable bonds is 6. The van der Waals surface area contributed by atoms with Gasteiger partial charge in [-0.3, -0.25) is 0 Å². The summed E-state index contributed by atoms with van der Waals surface area (Å²) in [4.78, 5) is 8.30. The zero-order valence-corrected chi connectivity index (χ0v) is 11.2. The Bertz CT molecular complexity index is 605. The standard InChI is InChI=1S/C14H16N6/c1-16-5-6-17-13-8-14(19-10-18-13)20-12-4-2-3-11(7-12)9-15/h2-4,7-8,10,16H,5-6H2,1H3,(H2,17,18,19,20). The second-order valence-electron chi connectivity index (χ2n) is 4.14. The van der Waals surface area contributed by atoms with Gasteiger partial charge in [0.25, 0.3) is 0 Å². The average Bonchev–Trinajstić information content (AvgIpc) is 2.48. The quantitative estimate of drug-likeness (QED) is 0.692. The average molecular weight is 268 g/mol. The van der Waals surface area contributed by atoms with E-state index in [-0.39, 0.29) is 0 Å². The molecule has 0 aliphatic rings. The van der Waals surface area contributed by atoms with Crippen LogP contribution in [0.5, 0.6) is 0 Å². The Morgan fingerprint density at radius 2 is 2.00 bits per heavy atom. The molecule has 0 saturated heterocycles. The van der Waals surface area contributed by atoms with Crippen LogP contribution in [0.25, 0.3) is 0 Å². The van der Waals surface area contributed by atoms with Crippen LogP contribution in [0.2, 0.25) is 0 Å². The van der Waals surface area contributed by atoms with E-state index < -0.39 is 0 Å². The molecule has 1 heterocycles. The first-order valence-electron chi connectivity index (χ1n) is 6.29. The minimum Gasteiger partial charge on any atom is -0.369 e. The Hall–Kier alpha value is -2.65. The van der Waals surface area contributed by atoms with Crippen molar-refractivity contribution in [1.29, 1.82) is 5.26 Å². The Kier molecular flexibility index (Phi) is 4.87. The summed E-state index contributed by atoms with van der Waals surface area (Å²) in [5, 5.41) is 18.3. The van der Waals surface area contributed by atoms with E-state index in [1.165, 1.54) is 6.33 Å². The zero-order chi connectivity index (χ0) is 14.2. The molecular formula is C14H16N6. The van der Waals surface area contributed by atoms with Gasteiger partial charge >= 0.3 is 0 Å². The van der Waals surface area contributed by atoms with Crippen LogP contribution in [0.3, 0.4) is 0 Å². The largest absolute Gasteiger partial charge is 0.369 e. The number of nitrogens with zero attached hydrogens (tertiary/aromatic N) is 3. The zero-order valence-electron chi connectivity index (χ0n) is 11.2. The SMILES string of the molecule is CNCCNc1cc(Nc2cccc(C#N)c2)ncn1. The maximum absolute atomic E-state index is 8.87. The van der Waals surface area contributed by atoms with E-state index in [1.807, 2.05) is 25.2 Å². The van der Waals surface area contributed by atoms with E-state index in [1.54, 1.807) is 12.1 Å². The van der Waals surface area contributed by atoms with Crippen molar-refractivity contribution in [2.24, 2.45) is 0 Å². The van der Waals surface area contributed by atoms with Crippen molar-refractivity contribution >= 4 is 17.3 Å². The van der Waals surface area contributed by atoms with Crippen LogP contribution >= 0.6 is 0 Å². The maximum Gasteiger partial charge on any atom is 0.135 e. The minimum atomic E-state index is 0.608. The van der Waals surface area contributed by atoms with Crippen molar-refractivity contribution in [1.82, 2.24) is 15.3 Å². The van der Waals surface area contributed by atoms with Crippen molar-refractivity contribution in [3.05, 3.63) is 42.2 Å². The van der Waals surface area contributed by atoms with Gasteiger partial charge in [-0.2, -0.15) is 5.26 Å². The number of aromatic nitrogens is 2. The fourth-order valence-corrected chi connectivity index (χ4v) is 1.65. The third-order valence-corrected chi connectivity index (χ3v) is 2.61. The first-order valence-corrected chi connectivity index (χ1v) is 6.29. The van der Waals surface area contributed by atoms with Crippen LogP contribution in [-0.2, 0) is 0 Å². The van der Waals surface area contributed by atoms with Gasteiger partial charge in [-0.05, 0) is 25.2 Å². The van der Waals surface area contributed by atoms with E-state index in [2.05, 4.69) is 32.0 Å². The van der Waals surface area contributed by atoms with Gasteiger partial charge in [0.2, 0.25) is 0 Å². The number of benzene rings is 1. The number of likely N-dealkylation sites (N-methyl/N-ethyl adjacent to an activating group) is 1. The summed E-state index contributed by atoms with van der Waals surface area (Å²) in [5.74, 6) is 1.44. The third kappa shape index (κ3) is 3.93. The number of anilines is 3. The molecule has 0 aliphatic carbocycles. The van der Waals surface area contributed by atoms with E-state index >= 15 is 0 Å².